The fourth-order valence-electron chi connectivity index (χ4n) is 1.48. The predicted molar refractivity (Wildman–Crippen MR) is 72.1 cm³/mol. The van der Waals surface area contributed by atoms with E-state index in [2.05, 4.69) is 53.7 Å². The number of aliphatic hydroxyl groups is 1. The van der Waals surface area contributed by atoms with Gasteiger partial charge >= 0.3 is 0 Å². The molecule has 16 heavy (non-hydrogen) atoms. The summed E-state index contributed by atoms with van der Waals surface area (Å²) in [4.78, 5) is 2.44. The van der Waals surface area contributed by atoms with Crippen molar-refractivity contribution in [3.8, 4) is 0 Å². The van der Waals surface area contributed by atoms with Crippen LogP contribution in [0.2, 0.25) is 0 Å². The van der Waals surface area contributed by atoms with E-state index in [9.17, 15) is 5.11 Å². The molecule has 1 atom stereocenters. The molecule has 1 aromatic rings. The highest BCUT2D eigenvalue weighted by atomic mass is 32.1. The monoisotopic (exact) mass is 240 g/mol. The van der Waals surface area contributed by atoms with Gasteiger partial charge in [0.1, 0.15) is 0 Å². The summed E-state index contributed by atoms with van der Waals surface area (Å²) < 4.78 is 0. The molecule has 0 aliphatic rings. The van der Waals surface area contributed by atoms with Crippen LogP contribution in [0, 0.1) is 5.41 Å². The summed E-state index contributed by atoms with van der Waals surface area (Å²) in [5.74, 6) is 0. The average Bonchev–Trinajstić information content (AvgIpc) is 2.64. The van der Waals surface area contributed by atoms with Crippen molar-refractivity contribution in [1.82, 2.24) is 0 Å². The molecule has 0 amide bonds. The molecule has 92 valence electrons. The standard InChI is InChI=1S/C14H24OS/c1-7-14(5,6)12(15)10-8-9-11(16-10)13(2,3)4/h8-9,12,15H,7H2,1-6H3. The minimum Gasteiger partial charge on any atom is -0.387 e. The molecule has 0 spiro atoms. The van der Waals surface area contributed by atoms with Gasteiger partial charge in [0.15, 0.2) is 0 Å². The topological polar surface area (TPSA) is 20.2 Å². The molecule has 0 saturated heterocycles. The van der Waals surface area contributed by atoms with E-state index in [1.54, 1.807) is 11.3 Å². The molecule has 0 bridgehead atoms. The van der Waals surface area contributed by atoms with Crippen molar-refractivity contribution in [3.63, 3.8) is 0 Å². The van der Waals surface area contributed by atoms with Crippen LogP contribution in [0.15, 0.2) is 12.1 Å². The highest BCUT2D eigenvalue weighted by Crippen LogP contribution is 2.41. The van der Waals surface area contributed by atoms with E-state index in [1.165, 1.54) is 4.88 Å². The second-order valence-corrected chi connectivity index (χ2v) is 7.31. The lowest BCUT2D eigenvalue weighted by atomic mass is 9.83. The zero-order chi connectivity index (χ0) is 12.6. The smallest absolute Gasteiger partial charge is 0.0932 e. The molecule has 1 aromatic heterocycles. The van der Waals surface area contributed by atoms with Crippen LogP contribution < -0.4 is 0 Å². The average molecular weight is 240 g/mol. The van der Waals surface area contributed by atoms with E-state index < -0.39 is 0 Å². The first-order valence-electron chi connectivity index (χ1n) is 5.97. The van der Waals surface area contributed by atoms with Crippen molar-refractivity contribution in [2.75, 3.05) is 0 Å². The van der Waals surface area contributed by atoms with Crippen LogP contribution in [0.3, 0.4) is 0 Å². The second kappa shape index (κ2) is 4.50. The first-order chi connectivity index (χ1) is 7.18. The predicted octanol–water partition coefficient (Wildman–Crippen LogP) is 4.52. The van der Waals surface area contributed by atoms with Gasteiger partial charge in [-0.1, -0.05) is 41.5 Å². The zero-order valence-electron chi connectivity index (χ0n) is 11.3. The van der Waals surface area contributed by atoms with Gasteiger partial charge in [-0.2, -0.15) is 0 Å². The highest BCUT2D eigenvalue weighted by molar-refractivity contribution is 7.12. The maximum absolute atomic E-state index is 10.3. The van der Waals surface area contributed by atoms with Gasteiger partial charge in [0, 0.05) is 9.75 Å². The summed E-state index contributed by atoms with van der Waals surface area (Å²) in [5.41, 5.74) is 0.138. The zero-order valence-corrected chi connectivity index (χ0v) is 12.1. The van der Waals surface area contributed by atoms with Gasteiger partial charge < -0.3 is 5.11 Å². The van der Waals surface area contributed by atoms with Gasteiger partial charge in [-0.3, -0.25) is 0 Å². The lowest BCUT2D eigenvalue weighted by molar-refractivity contribution is 0.0495. The molecule has 0 radical (unpaired) electrons. The van der Waals surface area contributed by atoms with Gasteiger partial charge in [-0.05, 0) is 29.4 Å². The molecule has 0 aliphatic carbocycles. The number of rotatable bonds is 3. The van der Waals surface area contributed by atoms with Gasteiger partial charge in [0.25, 0.3) is 0 Å². The Hall–Kier alpha value is -0.340. The number of thiophene rings is 1. The molecular formula is C14H24OS. The lowest BCUT2D eigenvalue weighted by Gasteiger charge is -2.28. The van der Waals surface area contributed by atoms with Crippen LogP contribution in [0.5, 0.6) is 0 Å². The second-order valence-electron chi connectivity index (χ2n) is 6.20. The quantitative estimate of drug-likeness (QED) is 0.824. The molecule has 1 unspecified atom stereocenters. The molecule has 0 aliphatic heterocycles. The van der Waals surface area contributed by atoms with E-state index in [1.807, 2.05) is 0 Å². The van der Waals surface area contributed by atoms with Crippen molar-refractivity contribution >= 4 is 11.3 Å². The lowest BCUT2D eigenvalue weighted by Crippen LogP contribution is -2.20. The fraction of sp³-hybridized carbons (Fsp3) is 0.714. The largest absolute Gasteiger partial charge is 0.387 e. The van der Waals surface area contributed by atoms with Crippen LogP contribution in [0.1, 0.15) is 63.8 Å². The van der Waals surface area contributed by atoms with Gasteiger partial charge in [0.2, 0.25) is 0 Å². The Morgan fingerprint density at radius 1 is 1.19 bits per heavy atom. The maximum Gasteiger partial charge on any atom is 0.0932 e. The Labute approximate surface area is 104 Å². The molecule has 2 heteroatoms. The minimum atomic E-state index is -0.349. The third-order valence-electron chi connectivity index (χ3n) is 3.29. The van der Waals surface area contributed by atoms with Crippen LogP contribution >= 0.6 is 11.3 Å². The first kappa shape index (κ1) is 13.7. The molecular weight excluding hydrogens is 216 g/mol. The summed E-state index contributed by atoms with van der Waals surface area (Å²) in [5, 5.41) is 10.3. The Morgan fingerprint density at radius 2 is 1.75 bits per heavy atom. The van der Waals surface area contributed by atoms with E-state index >= 15 is 0 Å². The van der Waals surface area contributed by atoms with Crippen LogP contribution in [0.4, 0.5) is 0 Å². The molecule has 0 fully saturated rings. The molecule has 0 saturated carbocycles. The van der Waals surface area contributed by atoms with Crippen molar-refractivity contribution < 1.29 is 5.11 Å². The number of aliphatic hydroxyl groups excluding tert-OH is 1. The van der Waals surface area contributed by atoms with Crippen LogP contribution in [-0.2, 0) is 5.41 Å². The van der Waals surface area contributed by atoms with E-state index in [4.69, 9.17) is 0 Å². The van der Waals surface area contributed by atoms with E-state index in [0.29, 0.717) is 0 Å². The summed E-state index contributed by atoms with van der Waals surface area (Å²) in [6.45, 7) is 13.0. The third-order valence-corrected chi connectivity index (χ3v) is 4.85. The number of hydrogen-bond acceptors (Lipinski definition) is 2. The maximum atomic E-state index is 10.3. The fourth-order valence-corrected chi connectivity index (χ4v) is 2.74. The van der Waals surface area contributed by atoms with Crippen molar-refractivity contribution in [1.29, 1.82) is 0 Å². The SMILES string of the molecule is CCC(C)(C)C(O)c1ccc(C(C)(C)C)s1. The van der Waals surface area contributed by atoms with Gasteiger partial charge in [0.05, 0.1) is 6.10 Å². The van der Waals surface area contributed by atoms with Crippen LogP contribution in [-0.4, -0.2) is 5.11 Å². The third kappa shape index (κ3) is 2.86. The molecule has 1 rings (SSSR count). The minimum absolute atomic E-state index is 0.0417. The Morgan fingerprint density at radius 3 is 2.12 bits per heavy atom. The Kier molecular flexibility index (Phi) is 3.86. The van der Waals surface area contributed by atoms with Crippen molar-refractivity contribution in [3.05, 3.63) is 21.9 Å². The van der Waals surface area contributed by atoms with E-state index in [0.717, 1.165) is 11.3 Å². The normalized spacial score (nSPS) is 15.2. The first-order valence-corrected chi connectivity index (χ1v) is 6.78. The molecule has 0 aromatic carbocycles. The van der Waals surface area contributed by atoms with Crippen molar-refractivity contribution in [2.24, 2.45) is 5.41 Å². The molecule has 1 N–H and O–H groups in total. The number of hydrogen-bond donors (Lipinski definition) is 1. The van der Waals surface area contributed by atoms with Crippen molar-refractivity contribution in [2.45, 2.75) is 59.5 Å². The highest BCUT2D eigenvalue weighted by Gasteiger charge is 2.29. The molecule has 1 heterocycles. The van der Waals surface area contributed by atoms with Gasteiger partial charge in [-0.25, -0.2) is 0 Å². The van der Waals surface area contributed by atoms with Gasteiger partial charge in [-0.15, -0.1) is 11.3 Å². The summed E-state index contributed by atoms with van der Waals surface area (Å²) in [7, 11) is 0. The summed E-state index contributed by atoms with van der Waals surface area (Å²) >= 11 is 1.74. The van der Waals surface area contributed by atoms with Crippen LogP contribution in [0.25, 0.3) is 0 Å². The summed E-state index contributed by atoms with van der Waals surface area (Å²) in [6.07, 6.45) is 0.635. The Balaban J connectivity index is 2.95. The molecule has 1 nitrogen and oxygen atoms in total. The summed E-state index contributed by atoms with van der Waals surface area (Å²) in [6, 6.07) is 4.22. The van der Waals surface area contributed by atoms with E-state index in [-0.39, 0.29) is 16.9 Å². The Bertz CT molecular complexity index is 344.